The third-order valence-corrected chi connectivity index (χ3v) is 11.3. The van der Waals surface area contributed by atoms with E-state index in [-0.39, 0.29) is 28.1 Å². The Morgan fingerprint density at radius 2 is 1.41 bits per heavy atom. The van der Waals surface area contributed by atoms with Crippen LogP contribution in [0.5, 0.6) is 5.75 Å². The highest BCUT2D eigenvalue weighted by molar-refractivity contribution is 6.78. The molecule has 0 aromatic heterocycles. The Hall–Kier alpha value is -2.60. The van der Waals surface area contributed by atoms with E-state index in [2.05, 4.69) is 41.5 Å². The maximum Gasteiger partial charge on any atom is 0.500 e. The molecule has 2 aromatic carbocycles. The first-order chi connectivity index (χ1) is 13.7. The molecular formula is C23H31NO4Si. The van der Waals surface area contributed by atoms with Crippen molar-refractivity contribution in [2.75, 3.05) is 0 Å². The molecule has 2 rings (SSSR count). The number of nitrogens with zero attached hydrogens (tertiary/aromatic N) is 1. The molecule has 156 valence electrons. The molecule has 6 heteroatoms. The van der Waals surface area contributed by atoms with Gasteiger partial charge in [-0.1, -0.05) is 71.9 Å². The van der Waals surface area contributed by atoms with Crippen molar-refractivity contribution in [2.45, 2.75) is 58.2 Å². The van der Waals surface area contributed by atoms with Crippen LogP contribution in [0.25, 0.3) is 0 Å². The van der Waals surface area contributed by atoms with Gasteiger partial charge in [-0.15, -0.1) is 0 Å². The highest BCUT2D eigenvalue weighted by Gasteiger charge is 2.49. The molecule has 5 nitrogen and oxygen atoms in total. The van der Waals surface area contributed by atoms with E-state index in [1.165, 1.54) is 6.21 Å². The van der Waals surface area contributed by atoms with E-state index < -0.39 is 14.5 Å². The van der Waals surface area contributed by atoms with Crippen LogP contribution in [-0.2, 0) is 4.43 Å². The van der Waals surface area contributed by atoms with E-state index >= 15 is 0 Å². The largest absolute Gasteiger partial charge is 0.618 e. The van der Waals surface area contributed by atoms with Gasteiger partial charge in [0.1, 0.15) is 0 Å². The molecule has 0 bridgehead atoms. The minimum atomic E-state index is -2.42. The molecule has 0 spiro atoms. The van der Waals surface area contributed by atoms with Gasteiger partial charge in [0.2, 0.25) is 5.75 Å². The quantitative estimate of drug-likeness (QED) is 0.0971. The number of hydrogen-bond acceptors (Lipinski definition) is 4. The van der Waals surface area contributed by atoms with Gasteiger partial charge >= 0.3 is 6.16 Å². The van der Waals surface area contributed by atoms with Crippen molar-refractivity contribution in [2.24, 2.45) is 0 Å². The SMILES string of the molecule is CC(C)[Si](OC(=O)Oc1ccccc1[N+]([O-])=Cc1ccccc1)(C(C)C)C(C)C. The fourth-order valence-corrected chi connectivity index (χ4v) is 9.12. The highest BCUT2D eigenvalue weighted by Crippen LogP contribution is 2.42. The van der Waals surface area contributed by atoms with Crippen LogP contribution < -0.4 is 4.74 Å². The van der Waals surface area contributed by atoms with Crippen molar-refractivity contribution in [3.05, 3.63) is 65.4 Å². The lowest BCUT2D eigenvalue weighted by Crippen LogP contribution is -2.49. The second-order valence-electron chi connectivity index (χ2n) is 8.11. The first-order valence-corrected chi connectivity index (χ1v) is 12.2. The average Bonchev–Trinajstić information content (AvgIpc) is 2.66. The molecule has 0 saturated carbocycles. The summed E-state index contributed by atoms with van der Waals surface area (Å²) < 4.78 is 12.3. The topological polar surface area (TPSA) is 61.6 Å². The number of para-hydroxylation sites is 2. The van der Waals surface area contributed by atoms with Gasteiger partial charge in [-0.25, -0.2) is 4.79 Å². The van der Waals surface area contributed by atoms with Crippen molar-refractivity contribution < 1.29 is 18.7 Å². The van der Waals surface area contributed by atoms with Crippen molar-refractivity contribution in [3.8, 4) is 5.75 Å². The number of carbonyl (C=O) groups is 1. The summed E-state index contributed by atoms with van der Waals surface area (Å²) in [7, 11) is -2.42. The van der Waals surface area contributed by atoms with Gasteiger partial charge in [0.15, 0.2) is 6.21 Å². The molecule has 2 aromatic rings. The van der Waals surface area contributed by atoms with Gasteiger partial charge in [-0.05, 0) is 34.8 Å². The van der Waals surface area contributed by atoms with E-state index in [1.807, 2.05) is 30.3 Å². The average molecular weight is 414 g/mol. The monoisotopic (exact) mass is 413 g/mol. The van der Waals surface area contributed by atoms with Crippen molar-refractivity contribution in [3.63, 3.8) is 0 Å². The molecule has 0 aliphatic carbocycles. The van der Waals surface area contributed by atoms with Crippen LogP contribution in [0.4, 0.5) is 10.5 Å². The number of ether oxygens (including phenoxy) is 1. The predicted molar refractivity (Wildman–Crippen MR) is 119 cm³/mol. The lowest BCUT2D eigenvalue weighted by molar-refractivity contribution is -0.355. The summed E-state index contributed by atoms with van der Waals surface area (Å²) in [5.74, 6) is 0.179. The number of carbonyl (C=O) groups excluding carboxylic acids is 1. The zero-order chi connectivity index (χ0) is 21.6. The maximum absolute atomic E-state index is 12.7. The molecule has 0 fully saturated rings. The summed E-state index contributed by atoms with van der Waals surface area (Å²) in [4.78, 5) is 12.7. The van der Waals surface area contributed by atoms with Gasteiger partial charge in [0, 0.05) is 11.6 Å². The van der Waals surface area contributed by atoms with E-state index in [0.29, 0.717) is 4.74 Å². The Morgan fingerprint density at radius 3 is 1.97 bits per heavy atom. The molecule has 0 heterocycles. The van der Waals surface area contributed by atoms with Crippen LogP contribution in [0.3, 0.4) is 0 Å². The maximum atomic E-state index is 12.7. The molecule has 0 radical (unpaired) electrons. The number of rotatable bonds is 7. The third-order valence-electron chi connectivity index (χ3n) is 5.33. The smallest absolute Gasteiger partial charge is 0.500 e. The fraction of sp³-hybridized carbons (Fsp3) is 0.391. The van der Waals surface area contributed by atoms with E-state index in [9.17, 15) is 10.0 Å². The van der Waals surface area contributed by atoms with Crippen molar-refractivity contribution in [1.82, 2.24) is 0 Å². The molecule has 0 aliphatic heterocycles. The van der Waals surface area contributed by atoms with Gasteiger partial charge < -0.3 is 14.4 Å². The highest BCUT2D eigenvalue weighted by atomic mass is 28.4. The first-order valence-electron chi connectivity index (χ1n) is 10.0. The molecule has 29 heavy (non-hydrogen) atoms. The Bertz CT molecular complexity index is 825. The Labute approximate surface area is 174 Å². The fourth-order valence-electron chi connectivity index (χ4n) is 4.08. The van der Waals surface area contributed by atoms with Gasteiger partial charge in [0.25, 0.3) is 14.0 Å². The second-order valence-corrected chi connectivity index (χ2v) is 13.5. The van der Waals surface area contributed by atoms with E-state index in [4.69, 9.17) is 9.16 Å². The molecule has 0 aliphatic rings. The molecule has 0 unspecified atom stereocenters. The van der Waals surface area contributed by atoms with Crippen LogP contribution in [0, 0.1) is 5.21 Å². The minimum Gasteiger partial charge on any atom is -0.618 e. The minimum absolute atomic E-state index is 0.179. The summed E-state index contributed by atoms with van der Waals surface area (Å²) in [6, 6.07) is 15.9. The van der Waals surface area contributed by atoms with Gasteiger partial charge in [-0.2, -0.15) is 4.74 Å². The zero-order valence-electron chi connectivity index (χ0n) is 18.1. The van der Waals surface area contributed by atoms with Gasteiger partial charge in [-0.3, -0.25) is 0 Å². The Morgan fingerprint density at radius 1 is 0.897 bits per heavy atom. The lowest BCUT2D eigenvalue weighted by Gasteiger charge is -2.40. The van der Waals surface area contributed by atoms with E-state index in [1.54, 1.807) is 24.3 Å². The van der Waals surface area contributed by atoms with E-state index in [0.717, 1.165) is 5.56 Å². The second kappa shape index (κ2) is 9.74. The molecule has 0 saturated heterocycles. The van der Waals surface area contributed by atoms with Crippen molar-refractivity contribution in [1.29, 1.82) is 0 Å². The van der Waals surface area contributed by atoms with Crippen LogP contribution in [0.1, 0.15) is 47.1 Å². The molecule has 0 amide bonds. The predicted octanol–water partition coefficient (Wildman–Crippen LogP) is 6.64. The summed E-state index contributed by atoms with van der Waals surface area (Å²) in [6.07, 6.45) is 0.705. The normalized spacial score (nSPS) is 12.5. The van der Waals surface area contributed by atoms with Gasteiger partial charge in [0.05, 0.1) is 0 Å². The third kappa shape index (κ3) is 5.26. The zero-order valence-corrected chi connectivity index (χ0v) is 19.1. The molecular weight excluding hydrogens is 382 g/mol. The Balaban J connectivity index is 2.29. The lowest BCUT2D eigenvalue weighted by atomic mass is 10.2. The number of hydrogen-bond donors (Lipinski definition) is 0. The summed E-state index contributed by atoms with van der Waals surface area (Å²) in [5.41, 5.74) is 1.73. The van der Waals surface area contributed by atoms with Crippen LogP contribution in [0.2, 0.25) is 16.6 Å². The molecule has 0 N–H and O–H groups in total. The van der Waals surface area contributed by atoms with Crippen LogP contribution in [-0.4, -0.2) is 25.4 Å². The van der Waals surface area contributed by atoms with Crippen LogP contribution in [0.15, 0.2) is 54.6 Å². The van der Waals surface area contributed by atoms with Crippen molar-refractivity contribution >= 4 is 26.4 Å². The summed E-state index contributed by atoms with van der Waals surface area (Å²) in [5, 5.41) is 12.7. The van der Waals surface area contributed by atoms with Crippen LogP contribution >= 0.6 is 0 Å². The summed E-state index contributed by atoms with van der Waals surface area (Å²) >= 11 is 0. The molecule has 0 atom stereocenters. The Kier molecular flexibility index (Phi) is 7.62. The first kappa shape index (κ1) is 22.7. The number of benzene rings is 2. The standard InChI is InChI=1S/C23H31NO4Si/c1-17(2)29(18(3)4,19(5)6)28-23(25)27-22-15-11-10-14-21(22)24(26)16-20-12-8-7-9-13-20/h7-19H,1-6H3. The summed E-state index contributed by atoms with van der Waals surface area (Å²) in [6.45, 7) is 12.6.